The van der Waals surface area contributed by atoms with E-state index in [9.17, 15) is 4.79 Å². The molecule has 0 aromatic carbocycles. The average molecular weight is 213 g/mol. The molecule has 1 saturated carbocycles. The predicted octanol–water partition coefficient (Wildman–Crippen LogP) is 2.25. The van der Waals surface area contributed by atoms with Gasteiger partial charge in [-0.2, -0.15) is 0 Å². The SMILES string of the molecule is C[C@H](CCC1CC1)C[C@H](CN)CC(=O)O. The summed E-state index contributed by atoms with van der Waals surface area (Å²) in [5.41, 5.74) is 5.57. The van der Waals surface area contributed by atoms with Crippen LogP contribution < -0.4 is 5.73 Å². The van der Waals surface area contributed by atoms with Crippen LogP contribution in [0.25, 0.3) is 0 Å². The molecule has 0 saturated heterocycles. The molecule has 15 heavy (non-hydrogen) atoms. The normalized spacial score (nSPS) is 19.9. The Balaban J connectivity index is 2.13. The van der Waals surface area contributed by atoms with Crippen molar-refractivity contribution in [3.63, 3.8) is 0 Å². The van der Waals surface area contributed by atoms with Crippen LogP contribution in [0.4, 0.5) is 0 Å². The molecule has 0 aliphatic heterocycles. The number of rotatable bonds is 8. The van der Waals surface area contributed by atoms with Crippen LogP contribution in [-0.2, 0) is 4.79 Å². The van der Waals surface area contributed by atoms with E-state index >= 15 is 0 Å². The summed E-state index contributed by atoms with van der Waals surface area (Å²) in [6.07, 6.45) is 6.57. The molecule has 1 fully saturated rings. The van der Waals surface area contributed by atoms with Crippen LogP contribution >= 0.6 is 0 Å². The van der Waals surface area contributed by atoms with E-state index in [0.29, 0.717) is 12.5 Å². The second kappa shape index (κ2) is 6.11. The van der Waals surface area contributed by atoms with Gasteiger partial charge in [-0.05, 0) is 30.7 Å². The van der Waals surface area contributed by atoms with Gasteiger partial charge in [-0.3, -0.25) is 4.79 Å². The highest BCUT2D eigenvalue weighted by molar-refractivity contribution is 5.67. The second-order valence-corrected chi connectivity index (χ2v) is 5.06. The fourth-order valence-electron chi connectivity index (χ4n) is 2.12. The third-order valence-electron chi connectivity index (χ3n) is 3.30. The second-order valence-electron chi connectivity index (χ2n) is 5.06. The first-order valence-corrected chi connectivity index (χ1v) is 6.03. The van der Waals surface area contributed by atoms with E-state index in [2.05, 4.69) is 6.92 Å². The van der Waals surface area contributed by atoms with Gasteiger partial charge < -0.3 is 10.8 Å². The molecule has 0 aromatic rings. The topological polar surface area (TPSA) is 63.3 Å². The Labute approximate surface area is 92.0 Å². The molecule has 0 radical (unpaired) electrons. The van der Waals surface area contributed by atoms with Crippen LogP contribution in [-0.4, -0.2) is 17.6 Å². The minimum Gasteiger partial charge on any atom is -0.481 e. The van der Waals surface area contributed by atoms with Gasteiger partial charge in [0.1, 0.15) is 0 Å². The number of aliphatic carboxylic acids is 1. The molecule has 2 atom stereocenters. The zero-order valence-corrected chi connectivity index (χ0v) is 9.61. The lowest BCUT2D eigenvalue weighted by Crippen LogP contribution is -2.20. The van der Waals surface area contributed by atoms with Crippen molar-refractivity contribution in [3.05, 3.63) is 0 Å². The Morgan fingerprint density at radius 3 is 2.67 bits per heavy atom. The summed E-state index contributed by atoms with van der Waals surface area (Å²) >= 11 is 0. The summed E-state index contributed by atoms with van der Waals surface area (Å²) in [6.45, 7) is 2.72. The number of hydrogen-bond donors (Lipinski definition) is 2. The van der Waals surface area contributed by atoms with Crippen molar-refractivity contribution in [1.82, 2.24) is 0 Å². The van der Waals surface area contributed by atoms with Gasteiger partial charge >= 0.3 is 5.97 Å². The molecule has 0 bridgehead atoms. The molecule has 0 unspecified atom stereocenters. The fourth-order valence-corrected chi connectivity index (χ4v) is 2.12. The van der Waals surface area contributed by atoms with Gasteiger partial charge in [-0.1, -0.05) is 32.6 Å². The molecule has 0 aromatic heterocycles. The van der Waals surface area contributed by atoms with Crippen molar-refractivity contribution in [2.75, 3.05) is 6.54 Å². The van der Waals surface area contributed by atoms with Gasteiger partial charge in [0.25, 0.3) is 0 Å². The number of hydrogen-bond acceptors (Lipinski definition) is 2. The van der Waals surface area contributed by atoms with Gasteiger partial charge in [0.15, 0.2) is 0 Å². The van der Waals surface area contributed by atoms with E-state index in [-0.39, 0.29) is 12.3 Å². The molecule has 0 amide bonds. The lowest BCUT2D eigenvalue weighted by Gasteiger charge is -2.17. The van der Waals surface area contributed by atoms with Crippen LogP contribution in [0.15, 0.2) is 0 Å². The zero-order valence-electron chi connectivity index (χ0n) is 9.61. The summed E-state index contributed by atoms with van der Waals surface area (Å²) in [4.78, 5) is 10.6. The summed E-state index contributed by atoms with van der Waals surface area (Å²) in [5.74, 6) is 1.04. The van der Waals surface area contributed by atoms with Crippen LogP contribution in [0, 0.1) is 17.8 Å². The molecule has 88 valence electrons. The zero-order chi connectivity index (χ0) is 11.3. The first-order valence-electron chi connectivity index (χ1n) is 6.03. The summed E-state index contributed by atoms with van der Waals surface area (Å²) in [6, 6.07) is 0. The van der Waals surface area contributed by atoms with E-state index < -0.39 is 5.97 Å². The first kappa shape index (κ1) is 12.5. The van der Waals surface area contributed by atoms with Crippen molar-refractivity contribution in [1.29, 1.82) is 0 Å². The predicted molar refractivity (Wildman–Crippen MR) is 60.5 cm³/mol. The highest BCUT2D eigenvalue weighted by Crippen LogP contribution is 2.35. The highest BCUT2D eigenvalue weighted by Gasteiger charge is 2.22. The standard InChI is InChI=1S/C12H23NO2/c1-9(2-3-10-4-5-10)6-11(8-13)7-12(14)15/h9-11H,2-8,13H2,1H3,(H,14,15)/t9-,11+/m1/s1. The Morgan fingerprint density at radius 1 is 1.53 bits per heavy atom. The van der Waals surface area contributed by atoms with Crippen LogP contribution in [0.3, 0.4) is 0 Å². The van der Waals surface area contributed by atoms with E-state index in [1.807, 2.05) is 0 Å². The number of carbonyl (C=O) groups is 1. The Kier molecular flexibility index (Phi) is 5.09. The third kappa shape index (κ3) is 5.78. The highest BCUT2D eigenvalue weighted by atomic mass is 16.4. The van der Waals surface area contributed by atoms with Crippen molar-refractivity contribution in [3.8, 4) is 0 Å². The van der Waals surface area contributed by atoms with Gasteiger partial charge in [0.05, 0.1) is 0 Å². The lowest BCUT2D eigenvalue weighted by atomic mass is 9.90. The minimum atomic E-state index is -0.722. The smallest absolute Gasteiger partial charge is 0.303 e. The van der Waals surface area contributed by atoms with Crippen LogP contribution in [0.5, 0.6) is 0 Å². The number of nitrogens with two attached hydrogens (primary N) is 1. The van der Waals surface area contributed by atoms with E-state index in [1.54, 1.807) is 0 Å². The number of carboxylic acid groups (broad SMARTS) is 1. The molecule has 3 nitrogen and oxygen atoms in total. The van der Waals surface area contributed by atoms with Crippen molar-refractivity contribution >= 4 is 5.97 Å². The van der Waals surface area contributed by atoms with E-state index in [4.69, 9.17) is 10.8 Å². The molecule has 0 spiro atoms. The van der Waals surface area contributed by atoms with Gasteiger partial charge in [-0.25, -0.2) is 0 Å². The fraction of sp³-hybridized carbons (Fsp3) is 0.917. The lowest BCUT2D eigenvalue weighted by molar-refractivity contribution is -0.138. The van der Waals surface area contributed by atoms with E-state index in [0.717, 1.165) is 12.3 Å². The average Bonchev–Trinajstić information content (AvgIpc) is 2.96. The van der Waals surface area contributed by atoms with E-state index in [1.165, 1.54) is 25.7 Å². The molecule has 0 heterocycles. The Hall–Kier alpha value is -0.570. The maximum atomic E-state index is 10.6. The minimum absolute atomic E-state index is 0.164. The summed E-state index contributed by atoms with van der Waals surface area (Å²) in [5, 5.41) is 8.70. The molecule has 1 aliphatic rings. The van der Waals surface area contributed by atoms with Crippen molar-refractivity contribution in [2.45, 2.75) is 45.4 Å². The third-order valence-corrected chi connectivity index (χ3v) is 3.30. The maximum Gasteiger partial charge on any atom is 0.303 e. The van der Waals surface area contributed by atoms with Gasteiger partial charge in [0, 0.05) is 6.42 Å². The Morgan fingerprint density at radius 2 is 2.20 bits per heavy atom. The van der Waals surface area contributed by atoms with Crippen molar-refractivity contribution in [2.24, 2.45) is 23.5 Å². The molecule has 3 heteroatoms. The van der Waals surface area contributed by atoms with Crippen molar-refractivity contribution < 1.29 is 9.90 Å². The quantitative estimate of drug-likeness (QED) is 0.650. The number of carboxylic acids is 1. The molecule has 3 N–H and O–H groups in total. The Bertz CT molecular complexity index is 202. The maximum absolute atomic E-state index is 10.6. The molecule has 1 rings (SSSR count). The van der Waals surface area contributed by atoms with Crippen LogP contribution in [0.1, 0.15) is 45.4 Å². The molecular weight excluding hydrogens is 190 g/mol. The summed E-state index contributed by atoms with van der Waals surface area (Å²) in [7, 11) is 0. The largest absolute Gasteiger partial charge is 0.481 e. The molecular formula is C12H23NO2. The summed E-state index contributed by atoms with van der Waals surface area (Å²) < 4.78 is 0. The van der Waals surface area contributed by atoms with Crippen LogP contribution in [0.2, 0.25) is 0 Å². The first-order chi connectivity index (χ1) is 7.11. The molecule has 1 aliphatic carbocycles. The monoisotopic (exact) mass is 213 g/mol. The van der Waals surface area contributed by atoms with Gasteiger partial charge in [0.2, 0.25) is 0 Å². The van der Waals surface area contributed by atoms with Gasteiger partial charge in [-0.15, -0.1) is 0 Å².